The molecule has 0 atom stereocenters. The van der Waals surface area contributed by atoms with Crippen molar-refractivity contribution in [3.8, 4) is 0 Å². The van der Waals surface area contributed by atoms with Gasteiger partial charge in [-0.05, 0) is 12.1 Å². The minimum absolute atomic E-state index is 0.175. The van der Waals surface area contributed by atoms with E-state index in [0.29, 0.717) is 17.8 Å². The highest BCUT2D eigenvalue weighted by atomic mass is 32.1. The molecule has 5 heteroatoms. The van der Waals surface area contributed by atoms with Crippen molar-refractivity contribution in [2.24, 2.45) is 0 Å². The van der Waals surface area contributed by atoms with Crippen LogP contribution in [-0.2, 0) is 6.54 Å². The molecule has 2 aromatic rings. The highest BCUT2D eigenvalue weighted by Gasteiger charge is 2.08. The van der Waals surface area contributed by atoms with E-state index in [9.17, 15) is 4.79 Å². The number of hydrogen-bond donors (Lipinski definition) is 2. The Morgan fingerprint density at radius 3 is 2.94 bits per heavy atom. The topological polar surface area (TPSA) is 68.0 Å². The van der Waals surface area contributed by atoms with Crippen LogP contribution in [0.3, 0.4) is 0 Å². The summed E-state index contributed by atoms with van der Waals surface area (Å²) in [6, 6.07) is 6.99. The van der Waals surface area contributed by atoms with Crippen LogP contribution < -0.4 is 11.1 Å². The van der Waals surface area contributed by atoms with Crippen molar-refractivity contribution < 1.29 is 4.79 Å². The lowest BCUT2D eigenvalue weighted by Crippen LogP contribution is -2.23. The molecule has 1 amide bonds. The lowest BCUT2D eigenvalue weighted by Gasteiger charge is -2.05. The van der Waals surface area contributed by atoms with E-state index in [0.717, 1.165) is 5.69 Å². The first-order valence-electron chi connectivity index (χ1n) is 4.77. The van der Waals surface area contributed by atoms with E-state index in [1.165, 1.54) is 11.3 Å². The summed E-state index contributed by atoms with van der Waals surface area (Å²) in [5.41, 5.74) is 9.27. The Balaban J connectivity index is 2.01. The first kappa shape index (κ1) is 10.6. The van der Waals surface area contributed by atoms with Crippen LogP contribution in [0.15, 0.2) is 35.2 Å². The van der Waals surface area contributed by atoms with Crippen LogP contribution in [0.25, 0.3) is 0 Å². The standard InChI is InChI=1S/C11H11N3OS/c12-10-4-2-1-3-9(10)11(15)13-5-8-6-16-7-14-8/h1-4,6-7H,5,12H2,(H,13,15). The minimum Gasteiger partial charge on any atom is -0.398 e. The summed E-state index contributed by atoms with van der Waals surface area (Å²) in [6.45, 7) is 0.427. The van der Waals surface area contributed by atoms with Gasteiger partial charge < -0.3 is 11.1 Å². The Kier molecular flexibility index (Phi) is 3.16. The molecule has 0 bridgehead atoms. The summed E-state index contributed by atoms with van der Waals surface area (Å²) in [6.07, 6.45) is 0. The predicted octanol–water partition coefficient (Wildman–Crippen LogP) is 1.66. The number of carbonyl (C=O) groups excluding carboxylic acids is 1. The fourth-order valence-electron chi connectivity index (χ4n) is 1.29. The summed E-state index contributed by atoms with van der Waals surface area (Å²) >= 11 is 1.50. The molecule has 0 saturated carbocycles. The van der Waals surface area contributed by atoms with Crippen molar-refractivity contribution in [2.45, 2.75) is 6.54 Å². The Hall–Kier alpha value is -1.88. The van der Waals surface area contributed by atoms with Crippen LogP contribution in [0, 0.1) is 0 Å². The largest absolute Gasteiger partial charge is 0.398 e. The van der Waals surface area contributed by atoms with Gasteiger partial charge in [0, 0.05) is 11.1 Å². The van der Waals surface area contributed by atoms with Gasteiger partial charge in [0.15, 0.2) is 0 Å². The zero-order valence-electron chi connectivity index (χ0n) is 8.51. The highest BCUT2D eigenvalue weighted by Crippen LogP contribution is 2.10. The fourth-order valence-corrected chi connectivity index (χ4v) is 1.85. The molecule has 1 heterocycles. The van der Waals surface area contributed by atoms with Gasteiger partial charge in [-0.3, -0.25) is 4.79 Å². The summed E-state index contributed by atoms with van der Waals surface area (Å²) in [5, 5.41) is 4.66. The van der Waals surface area contributed by atoms with Gasteiger partial charge in [0.25, 0.3) is 5.91 Å². The summed E-state index contributed by atoms with van der Waals surface area (Å²) in [4.78, 5) is 15.8. The number of anilines is 1. The van der Waals surface area contributed by atoms with E-state index in [2.05, 4.69) is 10.3 Å². The third-order valence-electron chi connectivity index (χ3n) is 2.12. The second kappa shape index (κ2) is 4.76. The van der Waals surface area contributed by atoms with Crippen molar-refractivity contribution in [1.82, 2.24) is 10.3 Å². The first-order valence-corrected chi connectivity index (χ1v) is 5.71. The Labute approximate surface area is 97.1 Å². The molecule has 0 aliphatic rings. The predicted molar refractivity (Wildman–Crippen MR) is 64.1 cm³/mol. The Morgan fingerprint density at radius 2 is 2.25 bits per heavy atom. The molecule has 0 radical (unpaired) electrons. The number of thiazole rings is 1. The number of rotatable bonds is 3. The van der Waals surface area contributed by atoms with E-state index in [1.807, 2.05) is 5.38 Å². The molecule has 4 nitrogen and oxygen atoms in total. The number of carbonyl (C=O) groups is 1. The average molecular weight is 233 g/mol. The van der Waals surface area contributed by atoms with Gasteiger partial charge in [-0.1, -0.05) is 12.1 Å². The smallest absolute Gasteiger partial charge is 0.253 e. The van der Waals surface area contributed by atoms with Gasteiger partial charge in [-0.15, -0.1) is 11.3 Å². The molecule has 1 aromatic carbocycles. The Bertz CT molecular complexity index is 482. The van der Waals surface area contributed by atoms with Gasteiger partial charge in [0.05, 0.1) is 23.3 Å². The molecular weight excluding hydrogens is 222 g/mol. The number of nitrogens with zero attached hydrogens (tertiary/aromatic N) is 1. The summed E-state index contributed by atoms with van der Waals surface area (Å²) in [5.74, 6) is -0.175. The van der Waals surface area contributed by atoms with Gasteiger partial charge in [-0.25, -0.2) is 4.98 Å². The summed E-state index contributed by atoms with van der Waals surface area (Å²) in [7, 11) is 0. The van der Waals surface area contributed by atoms with Gasteiger partial charge in [0.1, 0.15) is 0 Å². The fraction of sp³-hybridized carbons (Fsp3) is 0.0909. The number of hydrogen-bond acceptors (Lipinski definition) is 4. The average Bonchev–Trinajstić information content (AvgIpc) is 2.79. The Morgan fingerprint density at radius 1 is 1.44 bits per heavy atom. The highest BCUT2D eigenvalue weighted by molar-refractivity contribution is 7.07. The number of para-hydroxylation sites is 1. The molecule has 16 heavy (non-hydrogen) atoms. The van der Waals surface area contributed by atoms with Gasteiger partial charge >= 0.3 is 0 Å². The van der Waals surface area contributed by atoms with Crippen molar-refractivity contribution in [2.75, 3.05) is 5.73 Å². The van der Waals surface area contributed by atoms with Crippen LogP contribution in [0.1, 0.15) is 16.1 Å². The maximum atomic E-state index is 11.7. The minimum atomic E-state index is -0.175. The molecule has 0 saturated heterocycles. The maximum absolute atomic E-state index is 11.7. The van der Waals surface area contributed by atoms with Gasteiger partial charge in [0.2, 0.25) is 0 Å². The second-order valence-corrected chi connectivity index (χ2v) is 3.97. The van der Waals surface area contributed by atoms with Crippen LogP contribution >= 0.6 is 11.3 Å². The normalized spacial score (nSPS) is 10.0. The van der Waals surface area contributed by atoms with Crippen molar-refractivity contribution in [1.29, 1.82) is 0 Å². The molecule has 82 valence electrons. The van der Waals surface area contributed by atoms with Crippen molar-refractivity contribution in [3.05, 3.63) is 46.4 Å². The number of nitrogen functional groups attached to an aromatic ring is 1. The van der Waals surface area contributed by atoms with Crippen LogP contribution in [0.2, 0.25) is 0 Å². The van der Waals surface area contributed by atoms with Crippen LogP contribution in [0.5, 0.6) is 0 Å². The zero-order valence-corrected chi connectivity index (χ0v) is 9.33. The lowest BCUT2D eigenvalue weighted by molar-refractivity contribution is 0.0951. The van der Waals surface area contributed by atoms with Gasteiger partial charge in [-0.2, -0.15) is 0 Å². The third kappa shape index (κ3) is 2.38. The third-order valence-corrected chi connectivity index (χ3v) is 2.75. The summed E-state index contributed by atoms with van der Waals surface area (Å²) < 4.78 is 0. The molecular formula is C11H11N3OS. The number of nitrogens with two attached hydrogens (primary N) is 1. The van der Waals surface area contributed by atoms with E-state index in [-0.39, 0.29) is 5.91 Å². The van der Waals surface area contributed by atoms with Crippen molar-refractivity contribution >= 4 is 22.9 Å². The molecule has 2 rings (SSSR count). The SMILES string of the molecule is Nc1ccccc1C(=O)NCc1cscn1. The molecule has 0 unspecified atom stereocenters. The molecule has 3 N–H and O–H groups in total. The quantitative estimate of drug-likeness (QED) is 0.792. The van der Waals surface area contributed by atoms with Crippen molar-refractivity contribution in [3.63, 3.8) is 0 Å². The van der Waals surface area contributed by atoms with Crippen LogP contribution in [0.4, 0.5) is 5.69 Å². The first-order chi connectivity index (χ1) is 7.77. The molecule has 0 aliphatic carbocycles. The number of nitrogens with one attached hydrogen (secondary N) is 1. The molecule has 0 spiro atoms. The van der Waals surface area contributed by atoms with Crippen LogP contribution in [-0.4, -0.2) is 10.9 Å². The van der Waals surface area contributed by atoms with E-state index < -0.39 is 0 Å². The molecule has 1 aromatic heterocycles. The van der Waals surface area contributed by atoms with E-state index >= 15 is 0 Å². The number of aromatic nitrogens is 1. The number of amides is 1. The van der Waals surface area contributed by atoms with E-state index in [1.54, 1.807) is 29.8 Å². The maximum Gasteiger partial charge on any atom is 0.253 e. The number of benzene rings is 1. The monoisotopic (exact) mass is 233 g/mol. The molecule has 0 fully saturated rings. The second-order valence-electron chi connectivity index (χ2n) is 3.25. The lowest BCUT2D eigenvalue weighted by atomic mass is 10.1. The van der Waals surface area contributed by atoms with E-state index in [4.69, 9.17) is 5.73 Å². The zero-order chi connectivity index (χ0) is 11.4. The molecule has 0 aliphatic heterocycles.